The lowest BCUT2D eigenvalue weighted by atomic mass is 9.99. The van der Waals surface area contributed by atoms with E-state index in [1.54, 1.807) is 6.07 Å². The predicted molar refractivity (Wildman–Crippen MR) is 69.7 cm³/mol. The summed E-state index contributed by atoms with van der Waals surface area (Å²) in [6.07, 6.45) is 3.56. The number of aliphatic carboxylic acids is 1. The minimum atomic E-state index is -3.60. The van der Waals surface area contributed by atoms with E-state index in [-0.39, 0.29) is 19.6 Å². The summed E-state index contributed by atoms with van der Waals surface area (Å²) in [5, 5.41) is 8.88. The van der Waals surface area contributed by atoms with Crippen molar-refractivity contribution < 1.29 is 18.3 Å². The summed E-state index contributed by atoms with van der Waals surface area (Å²) >= 11 is 0. The maximum atomic E-state index is 12.1. The molecule has 20 heavy (non-hydrogen) atoms. The van der Waals surface area contributed by atoms with Crippen LogP contribution in [0.1, 0.15) is 18.5 Å². The van der Waals surface area contributed by atoms with Crippen molar-refractivity contribution in [2.75, 3.05) is 13.1 Å². The van der Waals surface area contributed by atoms with Crippen LogP contribution in [0, 0.1) is 5.92 Å². The largest absolute Gasteiger partial charge is 0.481 e. The fourth-order valence-corrected chi connectivity index (χ4v) is 3.23. The highest BCUT2D eigenvalue weighted by Gasteiger charge is 2.30. The van der Waals surface area contributed by atoms with Gasteiger partial charge in [-0.15, -0.1) is 0 Å². The zero-order chi connectivity index (χ0) is 14.6. The fraction of sp³-hybridized carbons (Fsp3) is 0.545. The first-order valence-corrected chi connectivity index (χ1v) is 7.65. The summed E-state index contributed by atoms with van der Waals surface area (Å²) in [5.74, 6) is -1.32. The minimum Gasteiger partial charge on any atom is -0.481 e. The lowest BCUT2D eigenvalue weighted by molar-refractivity contribution is -0.142. The first-order chi connectivity index (χ1) is 9.49. The zero-order valence-electron chi connectivity index (χ0n) is 10.8. The van der Waals surface area contributed by atoms with Crippen LogP contribution in [0.15, 0.2) is 18.6 Å². The van der Waals surface area contributed by atoms with Gasteiger partial charge >= 0.3 is 5.97 Å². The second kappa shape index (κ2) is 6.25. The Labute approximate surface area is 117 Å². The molecule has 2 rings (SSSR count). The SMILES string of the molecule is O=C(O)C1CCN(S(=O)(=O)NCc2ccncn2)CC1. The van der Waals surface area contributed by atoms with Crippen molar-refractivity contribution in [1.29, 1.82) is 0 Å². The molecule has 1 aliphatic rings. The van der Waals surface area contributed by atoms with E-state index in [1.807, 2.05) is 0 Å². The Morgan fingerprint density at radius 2 is 2.15 bits per heavy atom. The first-order valence-electron chi connectivity index (χ1n) is 6.21. The van der Waals surface area contributed by atoms with Crippen molar-refractivity contribution in [1.82, 2.24) is 19.0 Å². The first kappa shape index (κ1) is 14.8. The van der Waals surface area contributed by atoms with Crippen LogP contribution in [-0.4, -0.2) is 46.9 Å². The Kier molecular flexibility index (Phi) is 4.63. The highest BCUT2D eigenvalue weighted by atomic mass is 32.2. The summed E-state index contributed by atoms with van der Waals surface area (Å²) in [6.45, 7) is 0.524. The molecule has 0 unspecified atom stereocenters. The molecule has 0 spiro atoms. The van der Waals surface area contributed by atoms with Crippen LogP contribution in [0.5, 0.6) is 0 Å². The van der Waals surface area contributed by atoms with Gasteiger partial charge in [0.05, 0.1) is 18.2 Å². The monoisotopic (exact) mass is 300 g/mol. The average Bonchev–Trinajstić information content (AvgIpc) is 2.46. The Bertz CT molecular complexity index is 555. The third kappa shape index (κ3) is 3.71. The van der Waals surface area contributed by atoms with Crippen LogP contribution in [-0.2, 0) is 21.5 Å². The molecule has 1 aromatic heterocycles. The zero-order valence-corrected chi connectivity index (χ0v) is 11.6. The van der Waals surface area contributed by atoms with Gasteiger partial charge in [-0.3, -0.25) is 4.79 Å². The van der Waals surface area contributed by atoms with Crippen LogP contribution in [0.25, 0.3) is 0 Å². The third-order valence-corrected chi connectivity index (χ3v) is 4.78. The highest BCUT2D eigenvalue weighted by Crippen LogP contribution is 2.19. The molecule has 2 N–H and O–H groups in total. The number of nitrogens with zero attached hydrogens (tertiary/aromatic N) is 3. The number of aromatic nitrogens is 2. The number of carbonyl (C=O) groups is 1. The van der Waals surface area contributed by atoms with Gasteiger partial charge in [0.1, 0.15) is 6.33 Å². The number of rotatable bonds is 5. The van der Waals surface area contributed by atoms with Gasteiger partial charge in [0.15, 0.2) is 0 Å². The molecule has 0 radical (unpaired) electrons. The smallest absolute Gasteiger partial charge is 0.306 e. The summed E-state index contributed by atoms with van der Waals surface area (Å²) in [7, 11) is -3.60. The number of piperidine rings is 1. The second-order valence-electron chi connectivity index (χ2n) is 4.54. The Hall–Kier alpha value is -1.58. The summed E-state index contributed by atoms with van der Waals surface area (Å²) in [6, 6.07) is 1.62. The molecule has 0 amide bonds. The summed E-state index contributed by atoms with van der Waals surface area (Å²) < 4.78 is 27.8. The maximum absolute atomic E-state index is 12.1. The van der Waals surface area contributed by atoms with Crippen molar-refractivity contribution in [3.8, 4) is 0 Å². The van der Waals surface area contributed by atoms with Crippen molar-refractivity contribution in [3.05, 3.63) is 24.3 Å². The molecular weight excluding hydrogens is 284 g/mol. The number of hydrogen-bond acceptors (Lipinski definition) is 5. The van der Waals surface area contributed by atoms with Crippen molar-refractivity contribution >= 4 is 16.2 Å². The Balaban J connectivity index is 1.90. The number of carboxylic acid groups (broad SMARTS) is 1. The molecular formula is C11H16N4O4S. The van der Waals surface area contributed by atoms with Gasteiger partial charge in [-0.1, -0.05) is 0 Å². The summed E-state index contributed by atoms with van der Waals surface area (Å²) in [4.78, 5) is 18.5. The molecule has 1 aromatic rings. The molecule has 1 saturated heterocycles. The third-order valence-electron chi connectivity index (χ3n) is 3.22. The van der Waals surface area contributed by atoms with Gasteiger partial charge in [0.25, 0.3) is 10.2 Å². The van der Waals surface area contributed by atoms with Crippen LogP contribution in [0.3, 0.4) is 0 Å². The maximum Gasteiger partial charge on any atom is 0.306 e. The van der Waals surface area contributed by atoms with E-state index in [1.165, 1.54) is 16.8 Å². The lowest BCUT2D eigenvalue weighted by Crippen LogP contribution is -2.45. The second-order valence-corrected chi connectivity index (χ2v) is 6.29. The van der Waals surface area contributed by atoms with Crippen LogP contribution >= 0.6 is 0 Å². The van der Waals surface area contributed by atoms with Crippen molar-refractivity contribution in [2.24, 2.45) is 5.92 Å². The Morgan fingerprint density at radius 3 is 2.70 bits per heavy atom. The van der Waals surface area contributed by atoms with E-state index >= 15 is 0 Å². The molecule has 8 nitrogen and oxygen atoms in total. The van der Waals surface area contributed by atoms with E-state index in [0.717, 1.165) is 0 Å². The number of hydrogen-bond donors (Lipinski definition) is 2. The van der Waals surface area contributed by atoms with E-state index < -0.39 is 22.1 Å². The van der Waals surface area contributed by atoms with Gasteiger partial charge in [0.2, 0.25) is 0 Å². The van der Waals surface area contributed by atoms with E-state index in [4.69, 9.17) is 5.11 Å². The lowest BCUT2D eigenvalue weighted by Gasteiger charge is -2.29. The number of nitrogens with one attached hydrogen (secondary N) is 1. The standard InChI is InChI=1S/C11H16N4O4S/c16-11(17)9-2-5-15(6-3-9)20(18,19)14-7-10-1-4-12-8-13-10/h1,4,8-9,14H,2-3,5-7H2,(H,16,17). The summed E-state index contributed by atoms with van der Waals surface area (Å²) in [5.41, 5.74) is 0.573. The molecule has 110 valence electrons. The van der Waals surface area contributed by atoms with Gasteiger partial charge in [-0.05, 0) is 18.9 Å². The quantitative estimate of drug-likeness (QED) is 0.765. The van der Waals surface area contributed by atoms with E-state index in [9.17, 15) is 13.2 Å². The fourth-order valence-electron chi connectivity index (χ4n) is 2.02. The number of carboxylic acids is 1. The van der Waals surface area contributed by atoms with Gasteiger partial charge < -0.3 is 5.11 Å². The topological polar surface area (TPSA) is 112 Å². The highest BCUT2D eigenvalue weighted by molar-refractivity contribution is 7.87. The average molecular weight is 300 g/mol. The minimum absolute atomic E-state index is 0.0870. The van der Waals surface area contributed by atoms with Crippen LogP contribution < -0.4 is 4.72 Å². The van der Waals surface area contributed by atoms with Gasteiger partial charge in [-0.25, -0.2) is 9.97 Å². The van der Waals surface area contributed by atoms with Gasteiger partial charge in [-0.2, -0.15) is 17.4 Å². The van der Waals surface area contributed by atoms with Crippen molar-refractivity contribution in [3.63, 3.8) is 0 Å². The van der Waals surface area contributed by atoms with E-state index in [0.29, 0.717) is 18.5 Å². The normalized spacial score (nSPS) is 18.0. The molecule has 9 heteroatoms. The van der Waals surface area contributed by atoms with Gasteiger partial charge in [0, 0.05) is 19.3 Å². The molecule has 0 saturated carbocycles. The Morgan fingerprint density at radius 1 is 1.45 bits per heavy atom. The van der Waals surface area contributed by atoms with Crippen LogP contribution in [0.2, 0.25) is 0 Å². The predicted octanol–water partition coefficient (Wildman–Crippen LogP) is -0.392. The molecule has 1 aliphatic heterocycles. The molecule has 0 aliphatic carbocycles. The van der Waals surface area contributed by atoms with E-state index in [2.05, 4.69) is 14.7 Å². The van der Waals surface area contributed by atoms with Crippen LogP contribution in [0.4, 0.5) is 0 Å². The molecule has 1 fully saturated rings. The molecule has 0 atom stereocenters. The molecule has 2 heterocycles. The molecule has 0 bridgehead atoms. The van der Waals surface area contributed by atoms with Crippen molar-refractivity contribution in [2.45, 2.75) is 19.4 Å². The molecule has 0 aromatic carbocycles.